The molecule has 1 fully saturated rings. The zero-order chi connectivity index (χ0) is 17.4. The van der Waals surface area contributed by atoms with E-state index in [9.17, 15) is 4.79 Å². The first-order valence-corrected chi connectivity index (χ1v) is 9.24. The number of piperidine rings is 1. The van der Waals surface area contributed by atoms with Crippen LogP contribution in [0.3, 0.4) is 0 Å². The second-order valence-corrected chi connectivity index (χ2v) is 7.66. The molecule has 0 unspecified atom stereocenters. The Morgan fingerprint density at radius 2 is 2.04 bits per heavy atom. The number of carbonyl (C=O) groups is 1. The Labute approximate surface area is 149 Å². The molecule has 3 heterocycles. The number of nitrogens with one attached hydrogen (secondary N) is 1. The summed E-state index contributed by atoms with van der Waals surface area (Å²) < 4.78 is 2.22. The van der Waals surface area contributed by atoms with E-state index >= 15 is 0 Å². The number of benzene rings is 1. The van der Waals surface area contributed by atoms with Gasteiger partial charge in [0.15, 0.2) is 0 Å². The largest absolute Gasteiger partial charge is 0.343 e. The SMILES string of the molecule is CC(C)CC(=O)N1CCC2(CC1)NCc1ccccc1-n1ccnc12. The van der Waals surface area contributed by atoms with Crippen molar-refractivity contribution in [1.82, 2.24) is 19.8 Å². The van der Waals surface area contributed by atoms with Crippen LogP contribution in [-0.4, -0.2) is 33.4 Å². The van der Waals surface area contributed by atoms with Gasteiger partial charge in [0.1, 0.15) is 5.82 Å². The summed E-state index contributed by atoms with van der Waals surface area (Å²) >= 11 is 0. The third-order valence-electron chi connectivity index (χ3n) is 5.49. The van der Waals surface area contributed by atoms with E-state index < -0.39 is 0 Å². The van der Waals surface area contributed by atoms with Crippen LogP contribution < -0.4 is 5.32 Å². The van der Waals surface area contributed by atoms with Gasteiger partial charge in [0.05, 0.1) is 11.2 Å². The van der Waals surface area contributed by atoms with Crippen molar-refractivity contribution in [3.05, 3.63) is 48.0 Å². The fourth-order valence-electron chi connectivity index (χ4n) is 4.11. The summed E-state index contributed by atoms with van der Waals surface area (Å²) in [5, 5.41) is 3.77. The predicted molar refractivity (Wildman–Crippen MR) is 97.4 cm³/mol. The van der Waals surface area contributed by atoms with Crippen molar-refractivity contribution in [2.45, 2.75) is 45.2 Å². The smallest absolute Gasteiger partial charge is 0.222 e. The van der Waals surface area contributed by atoms with Crippen molar-refractivity contribution in [1.29, 1.82) is 0 Å². The Bertz CT molecular complexity index is 772. The molecule has 1 spiro atoms. The normalized spacial score (nSPS) is 18.8. The first kappa shape index (κ1) is 16.3. The van der Waals surface area contributed by atoms with Crippen molar-refractivity contribution >= 4 is 5.91 Å². The molecule has 2 aromatic rings. The van der Waals surface area contributed by atoms with E-state index in [0.717, 1.165) is 38.3 Å². The fourth-order valence-corrected chi connectivity index (χ4v) is 4.11. The number of rotatable bonds is 2. The number of fused-ring (bicyclic) bond motifs is 4. The monoisotopic (exact) mass is 338 g/mol. The summed E-state index contributed by atoms with van der Waals surface area (Å²) in [7, 11) is 0. The molecule has 4 rings (SSSR count). The predicted octanol–water partition coefficient (Wildman–Crippen LogP) is 2.84. The highest BCUT2D eigenvalue weighted by molar-refractivity contribution is 5.76. The van der Waals surface area contributed by atoms with Gasteiger partial charge in [-0.1, -0.05) is 32.0 Å². The van der Waals surface area contributed by atoms with Crippen LogP contribution in [0.5, 0.6) is 0 Å². The Morgan fingerprint density at radius 3 is 2.80 bits per heavy atom. The number of amides is 1. The van der Waals surface area contributed by atoms with E-state index in [4.69, 9.17) is 4.98 Å². The Balaban J connectivity index is 1.60. The molecule has 2 aliphatic rings. The van der Waals surface area contributed by atoms with Crippen LogP contribution in [0.1, 0.15) is 44.5 Å². The van der Waals surface area contributed by atoms with E-state index in [1.165, 1.54) is 11.3 Å². The maximum Gasteiger partial charge on any atom is 0.222 e. The van der Waals surface area contributed by atoms with Crippen LogP contribution in [0.4, 0.5) is 0 Å². The molecule has 132 valence electrons. The number of para-hydroxylation sites is 1. The summed E-state index contributed by atoms with van der Waals surface area (Å²) in [6.07, 6.45) is 6.39. The van der Waals surface area contributed by atoms with Crippen LogP contribution >= 0.6 is 0 Å². The van der Waals surface area contributed by atoms with E-state index in [1.54, 1.807) is 0 Å². The molecule has 0 aliphatic carbocycles. The lowest BCUT2D eigenvalue weighted by molar-refractivity contribution is -0.133. The first-order valence-electron chi connectivity index (χ1n) is 9.24. The standard InChI is InChI=1S/C20H26N4O/c1-15(2)13-18(25)23-10-7-20(8-11-23)19-21-9-12-24(19)17-6-4-3-5-16(17)14-22-20/h3-6,9,12,15,22H,7-8,10-11,13-14H2,1-2H3. The van der Waals surface area contributed by atoms with Crippen LogP contribution in [0, 0.1) is 5.92 Å². The van der Waals surface area contributed by atoms with Gasteiger partial charge in [-0.15, -0.1) is 0 Å². The van der Waals surface area contributed by atoms with Gasteiger partial charge < -0.3 is 14.8 Å². The number of likely N-dealkylation sites (tertiary alicyclic amines) is 1. The third-order valence-corrected chi connectivity index (χ3v) is 5.49. The molecule has 0 bridgehead atoms. The Morgan fingerprint density at radius 1 is 1.28 bits per heavy atom. The van der Waals surface area contributed by atoms with Crippen LogP contribution in [0.15, 0.2) is 36.7 Å². The second-order valence-electron chi connectivity index (χ2n) is 7.66. The molecule has 1 amide bonds. The molecule has 0 atom stereocenters. The van der Waals surface area contributed by atoms with Gasteiger partial charge in [0.25, 0.3) is 0 Å². The minimum absolute atomic E-state index is 0.156. The maximum atomic E-state index is 12.4. The first-order chi connectivity index (χ1) is 12.1. The van der Waals surface area contributed by atoms with E-state index in [1.807, 2.05) is 11.1 Å². The molecule has 1 N–H and O–H groups in total. The molecular formula is C20H26N4O. The van der Waals surface area contributed by atoms with Crippen LogP contribution in [0.2, 0.25) is 0 Å². The molecule has 5 heteroatoms. The van der Waals surface area contributed by atoms with Crippen molar-refractivity contribution in [3.8, 4) is 5.69 Å². The van der Waals surface area contributed by atoms with Gasteiger partial charge >= 0.3 is 0 Å². The van der Waals surface area contributed by atoms with Gasteiger partial charge in [-0.3, -0.25) is 4.79 Å². The average Bonchev–Trinajstić information content (AvgIpc) is 3.06. The number of carbonyl (C=O) groups excluding carboxylic acids is 1. The second kappa shape index (κ2) is 6.30. The van der Waals surface area contributed by atoms with Crippen molar-refractivity contribution in [2.75, 3.05) is 13.1 Å². The van der Waals surface area contributed by atoms with Gasteiger partial charge in [0, 0.05) is 38.4 Å². The van der Waals surface area contributed by atoms with Crippen LogP contribution in [0.25, 0.3) is 5.69 Å². The minimum atomic E-state index is -0.156. The highest BCUT2D eigenvalue weighted by Crippen LogP contribution is 2.36. The van der Waals surface area contributed by atoms with Gasteiger partial charge in [-0.2, -0.15) is 0 Å². The summed E-state index contributed by atoms with van der Waals surface area (Å²) in [6.45, 7) is 6.62. The number of nitrogens with zero attached hydrogens (tertiary/aromatic N) is 3. The Hall–Kier alpha value is -2.14. The molecular weight excluding hydrogens is 312 g/mol. The summed E-state index contributed by atoms with van der Waals surface area (Å²) in [6, 6.07) is 8.49. The summed E-state index contributed by atoms with van der Waals surface area (Å²) in [5.41, 5.74) is 2.34. The number of imidazole rings is 1. The van der Waals surface area contributed by atoms with E-state index in [0.29, 0.717) is 12.3 Å². The Kier molecular flexibility index (Phi) is 4.12. The summed E-state index contributed by atoms with van der Waals surface area (Å²) in [5.74, 6) is 1.77. The molecule has 0 radical (unpaired) electrons. The molecule has 1 aromatic heterocycles. The maximum absolute atomic E-state index is 12.4. The molecule has 0 saturated carbocycles. The zero-order valence-corrected chi connectivity index (χ0v) is 15.0. The lowest BCUT2D eigenvalue weighted by atomic mass is 9.86. The molecule has 5 nitrogen and oxygen atoms in total. The zero-order valence-electron chi connectivity index (χ0n) is 15.0. The fraction of sp³-hybridized carbons (Fsp3) is 0.500. The molecule has 1 aromatic carbocycles. The van der Waals surface area contributed by atoms with Crippen molar-refractivity contribution in [2.24, 2.45) is 5.92 Å². The minimum Gasteiger partial charge on any atom is -0.343 e. The third kappa shape index (κ3) is 2.86. The molecule has 25 heavy (non-hydrogen) atoms. The van der Waals surface area contributed by atoms with Crippen LogP contribution in [-0.2, 0) is 16.9 Å². The highest BCUT2D eigenvalue weighted by atomic mass is 16.2. The average molecular weight is 338 g/mol. The molecule has 2 aliphatic heterocycles. The van der Waals surface area contributed by atoms with E-state index in [-0.39, 0.29) is 11.4 Å². The van der Waals surface area contributed by atoms with E-state index in [2.05, 4.69) is 54.2 Å². The van der Waals surface area contributed by atoms with Gasteiger partial charge in [-0.05, 0) is 30.4 Å². The lowest BCUT2D eigenvalue weighted by Gasteiger charge is -2.41. The summed E-state index contributed by atoms with van der Waals surface area (Å²) in [4.78, 5) is 19.1. The van der Waals surface area contributed by atoms with Gasteiger partial charge in [0.2, 0.25) is 5.91 Å². The van der Waals surface area contributed by atoms with Crippen molar-refractivity contribution < 1.29 is 4.79 Å². The topological polar surface area (TPSA) is 50.2 Å². The quantitative estimate of drug-likeness (QED) is 0.916. The lowest BCUT2D eigenvalue weighted by Crippen LogP contribution is -2.52. The number of hydrogen-bond donors (Lipinski definition) is 1. The highest BCUT2D eigenvalue weighted by Gasteiger charge is 2.41. The number of hydrogen-bond acceptors (Lipinski definition) is 3. The molecule has 1 saturated heterocycles. The van der Waals surface area contributed by atoms with Crippen molar-refractivity contribution in [3.63, 3.8) is 0 Å². The van der Waals surface area contributed by atoms with Gasteiger partial charge in [-0.25, -0.2) is 4.98 Å². The number of aromatic nitrogens is 2.